The van der Waals surface area contributed by atoms with Crippen LogP contribution in [0.1, 0.15) is 15.9 Å². The second-order valence-electron chi connectivity index (χ2n) is 7.04. The molecule has 0 saturated heterocycles. The van der Waals surface area contributed by atoms with Gasteiger partial charge in [0.15, 0.2) is 0 Å². The van der Waals surface area contributed by atoms with E-state index in [-0.39, 0.29) is 22.0 Å². The number of nitrogens with zero attached hydrogens (tertiary/aromatic N) is 3. The lowest BCUT2D eigenvalue weighted by atomic mass is 10.1. The number of rotatable bonds is 7. The highest BCUT2D eigenvalue weighted by molar-refractivity contribution is 7.92. The van der Waals surface area contributed by atoms with Gasteiger partial charge in [0, 0.05) is 10.6 Å². The highest BCUT2D eigenvalue weighted by Crippen LogP contribution is 2.28. The third-order valence-corrected chi connectivity index (χ3v) is 6.24. The number of halogens is 1. The molecule has 11 heteroatoms. The van der Waals surface area contributed by atoms with E-state index in [1.54, 1.807) is 53.5 Å². The minimum absolute atomic E-state index is 0.0411. The summed E-state index contributed by atoms with van der Waals surface area (Å²) in [6.45, 7) is 0.502. The molecular formula is C22H18ClN5O4S. The van der Waals surface area contributed by atoms with Crippen LogP contribution in [0.4, 0.5) is 11.4 Å². The molecule has 1 heterocycles. The van der Waals surface area contributed by atoms with Crippen LogP contribution in [0.3, 0.4) is 0 Å². The molecule has 33 heavy (non-hydrogen) atoms. The van der Waals surface area contributed by atoms with Crippen molar-refractivity contribution in [1.29, 1.82) is 0 Å². The second-order valence-corrected chi connectivity index (χ2v) is 9.16. The van der Waals surface area contributed by atoms with Gasteiger partial charge in [0.1, 0.15) is 18.4 Å². The number of hydrogen-bond acceptors (Lipinski definition) is 6. The molecule has 9 nitrogen and oxygen atoms in total. The van der Waals surface area contributed by atoms with Crippen molar-refractivity contribution in [3.8, 4) is 5.75 Å². The molecule has 0 atom stereocenters. The molecule has 0 bridgehead atoms. The largest absolute Gasteiger partial charge is 0.506 e. The van der Waals surface area contributed by atoms with Crippen LogP contribution in [0.2, 0.25) is 5.02 Å². The molecule has 3 aromatic carbocycles. The number of carbonyl (C=O) groups excluding carboxylic acids is 1. The normalized spacial score (nSPS) is 11.2. The smallest absolute Gasteiger partial charge is 0.261 e. The molecule has 0 radical (unpaired) electrons. The predicted octanol–water partition coefficient (Wildman–Crippen LogP) is 3.74. The van der Waals surface area contributed by atoms with E-state index in [9.17, 15) is 18.3 Å². The Morgan fingerprint density at radius 3 is 2.55 bits per heavy atom. The van der Waals surface area contributed by atoms with Gasteiger partial charge in [0.05, 0.1) is 22.8 Å². The Hall–Kier alpha value is -3.89. The van der Waals surface area contributed by atoms with Gasteiger partial charge in [-0.2, -0.15) is 5.10 Å². The molecule has 4 rings (SSSR count). The number of phenols is 1. The number of sulfonamides is 1. The van der Waals surface area contributed by atoms with E-state index in [0.717, 1.165) is 5.56 Å². The number of benzene rings is 3. The molecule has 0 aliphatic heterocycles. The average molecular weight is 484 g/mol. The summed E-state index contributed by atoms with van der Waals surface area (Å²) in [5.41, 5.74) is 1.50. The van der Waals surface area contributed by atoms with E-state index < -0.39 is 15.9 Å². The van der Waals surface area contributed by atoms with Gasteiger partial charge in [0.2, 0.25) is 0 Å². The van der Waals surface area contributed by atoms with Gasteiger partial charge in [-0.25, -0.2) is 18.1 Å². The monoisotopic (exact) mass is 483 g/mol. The Morgan fingerprint density at radius 2 is 1.85 bits per heavy atom. The Kier molecular flexibility index (Phi) is 6.29. The maximum Gasteiger partial charge on any atom is 0.261 e. The lowest BCUT2D eigenvalue weighted by molar-refractivity contribution is 0.102. The minimum Gasteiger partial charge on any atom is -0.506 e. The van der Waals surface area contributed by atoms with Gasteiger partial charge in [-0.05, 0) is 54.1 Å². The summed E-state index contributed by atoms with van der Waals surface area (Å²) in [5, 5.41) is 17.1. The molecular weight excluding hydrogens is 466 g/mol. The summed E-state index contributed by atoms with van der Waals surface area (Å²) in [5.74, 6) is -0.775. The minimum atomic E-state index is -3.98. The molecule has 0 aliphatic rings. The zero-order valence-electron chi connectivity index (χ0n) is 17.0. The van der Waals surface area contributed by atoms with Crippen LogP contribution in [0.5, 0.6) is 5.75 Å². The number of aromatic nitrogens is 3. The van der Waals surface area contributed by atoms with E-state index in [2.05, 4.69) is 20.1 Å². The van der Waals surface area contributed by atoms with Crippen molar-refractivity contribution in [3.05, 3.63) is 95.5 Å². The number of hydrogen-bond donors (Lipinski definition) is 3. The Bertz CT molecular complexity index is 1390. The lowest BCUT2D eigenvalue weighted by Gasteiger charge is -2.12. The van der Waals surface area contributed by atoms with E-state index >= 15 is 0 Å². The van der Waals surface area contributed by atoms with E-state index in [0.29, 0.717) is 17.1 Å². The van der Waals surface area contributed by atoms with Crippen molar-refractivity contribution < 1.29 is 18.3 Å². The first kappa shape index (κ1) is 22.3. The van der Waals surface area contributed by atoms with Crippen LogP contribution in [0.15, 0.2) is 84.3 Å². The van der Waals surface area contributed by atoms with Crippen LogP contribution in [0, 0.1) is 0 Å². The van der Waals surface area contributed by atoms with Gasteiger partial charge >= 0.3 is 0 Å². The first-order valence-corrected chi connectivity index (χ1v) is 11.5. The Balaban J connectivity index is 1.50. The Labute approximate surface area is 194 Å². The summed E-state index contributed by atoms with van der Waals surface area (Å²) in [4.78, 5) is 16.4. The van der Waals surface area contributed by atoms with Crippen molar-refractivity contribution >= 4 is 38.9 Å². The van der Waals surface area contributed by atoms with Crippen molar-refractivity contribution in [2.45, 2.75) is 11.4 Å². The number of carbonyl (C=O) groups is 1. The summed E-state index contributed by atoms with van der Waals surface area (Å²) >= 11 is 5.90. The highest BCUT2D eigenvalue weighted by Gasteiger charge is 2.18. The van der Waals surface area contributed by atoms with Crippen molar-refractivity contribution in [2.24, 2.45) is 0 Å². The van der Waals surface area contributed by atoms with Gasteiger partial charge in [-0.3, -0.25) is 9.52 Å². The van der Waals surface area contributed by atoms with E-state index in [1.165, 1.54) is 30.6 Å². The molecule has 1 aromatic heterocycles. The predicted molar refractivity (Wildman–Crippen MR) is 124 cm³/mol. The number of anilines is 2. The standard InChI is InChI=1S/C22H18ClN5O4S/c23-17-2-1-3-18(10-17)27-33(31,32)19-8-9-21(29)20(11-19)26-22(30)16-6-4-15(5-7-16)12-28-14-24-13-25-28/h1-11,13-14,27,29H,12H2,(H,26,30). The maximum absolute atomic E-state index is 12.7. The number of nitrogens with one attached hydrogen (secondary N) is 2. The summed E-state index contributed by atoms with van der Waals surface area (Å²) < 4.78 is 29.5. The summed E-state index contributed by atoms with van der Waals surface area (Å²) in [6.07, 6.45) is 3.03. The molecule has 0 unspecified atom stereocenters. The SMILES string of the molecule is O=C(Nc1cc(S(=O)(=O)Nc2cccc(Cl)c2)ccc1O)c1ccc(Cn2cncn2)cc1. The van der Waals surface area contributed by atoms with Crippen LogP contribution in [0.25, 0.3) is 0 Å². The van der Waals surface area contributed by atoms with E-state index in [4.69, 9.17) is 11.6 Å². The maximum atomic E-state index is 12.7. The molecule has 168 valence electrons. The summed E-state index contributed by atoms with van der Waals surface area (Å²) in [6, 6.07) is 16.7. The fourth-order valence-corrected chi connectivity index (χ4v) is 4.27. The molecule has 0 fully saturated rings. The van der Waals surface area contributed by atoms with E-state index in [1.807, 2.05) is 0 Å². The van der Waals surface area contributed by atoms with Gasteiger partial charge in [-0.15, -0.1) is 0 Å². The van der Waals surface area contributed by atoms with Gasteiger partial charge in [0.25, 0.3) is 15.9 Å². The first-order valence-electron chi connectivity index (χ1n) is 9.64. The Morgan fingerprint density at radius 1 is 1.06 bits per heavy atom. The number of phenolic OH excluding ortho intramolecular Hbond substituents is 1. The fourth-order valence-electron chi connectivity index (χ4n) is 3.01. The average Bonchev–Trinajstić information content (AvgIpc) is 3.28. The van der Waals surface area contributed by atoms with Crippen LogP contribution >= 0.6 is 11.6 Å². The topological polar surface area (TPSA) is 126 Å². The lowest BCUT2D eigenvalue weighted by Crippen LogP contribution is -2.15. The molecule has 3 N–H and O–H groups in total. The quantitative estimate of drug-likeness (QED) is 0.344. The fraction of sp³-hybridized carbons (Fsp3) is 0.0455. The second kappa shape index (κ2) is 9.31. The van der Waals surface area contributed by atoms with Crippen molar-refractivity contribution in [3.63, 3.8) is 0 Å². The number of amides is 1. The number of aromatic hydroxyl groups is 1. The third-order valence-electron chi connectivity index (χ3n) is 4.63. The first-order chi connectivity index (χ1) is 15.8. The molecule has 4 aromatic rings. The molecule has 0 aliphatic carbocycles. The highest BCUT2D eigenvalue weighted by atomic mass is 35.5. The zero-order chi connectivity index (χ0) is 23.4. The van der Waals surface area contributed by atoms with Crippen molar-refractivity contribution in [1.82, 2.24) is 14.8 Å². The molecule has 0 saturated carbocycles. The molecule has 1 amide bonds. The van der Waals surface area contributed by atoms with Crippen LogP contribution in [-0.4, -0.2) is 34.2 Å². The zero-order valence-corrected chi connectivity index (χ0v) is 18.6. The van der Waals surface area contributed by atoms with Crippen LogP contribution in [-0.2, 0) is 16.6 Å². The molecule has 0 spiro atoms. The van der Waals surface area contributed by atoms with Crippen LogP contribution < -0.4 is 10.0 Å². The van der Waals surface area contributed by atoms with Gasteiger partial charge < -0.3 is 10.4 Å². The third kappa shape index (κ3) is 5.48. The van der Waals surface area contributed by atoms with Gasteiger partial charge in [-0.1, -0.05) is 29.8 Å². The van der Waals surface area contributed by atoms with Crippen molar-refractivity contribution in [2.75, 3.05) is 10.0 Å². The summed E-state index contributed by atoms with van der Waals surface area (Å²) in [7, 11) is -3.98.